The zero-order chi connectivity index (χ0) is 7.84. The summed E-state index contributed by atoms with van der Waals surface area (Å²) in [6.07, 6.45) is 2.93. The van der Waals surface area contributed by atoms with E-state index in [0.717, 1.165) is 4.73 Å². The van der Waals surface area contributed by atoms with E-state index in [1.54, 1.807) is 12.1 Å². The normalized spacial score (nSPS) is 10.6. The number of nitrogens with zero attached hydrogens (tertiary/aromatic N) is 1. The monoisotopic (exact) mass is 213 g/mol. The summed E-state index contributed by atoms with van der Waals surface area (Å²) in [4.78, 5) is 0. The third-order valence-electron chi connectivity index (χ3n) is 1.44. The highest BCUT2D eigenvalue weighted by molar-refractivity contribution is 9.10. The zero-order valence-electron chi connectivity index (χ0n) is 5.45. The summed E-state index contributed by atoms with van der Waals surface area (Å²) < 4.78 is 6.51. The Morgan fingerprint density at radius 2 is 2.36 bits per heavy atom. The van der Waals surface area contributed by atoms with E-state index in [4.69, 9.17) is 4.42 Å². The van der Waals surface area contributed by atoms with Gasteiger partial charge in [-0.05, 0) is 22.0 Å². The Morgan fingerprint density at radius 1 is 1.55 bits per heavy atom. The van der Waals surface area contributed by atoms with Crippen LogP contribution in [-0.4, -0.2) is 0 Å². The molecule has 3 nitrogen and oxygen atoms in total. The standard InChI is InChI=1S/C7H4BrNO2/c8-5-4-11-6-2-1-3-9(10)7(5)6/h1-4H. The van der Waals surface area contributed by atoms with Crippen molar-refractivity contribution in [1.82, 2.24) is 0 Å². The molecule has 2 rings (SSSR count). The van der Waals surface area contributed by atoms with Gasteiger partial charge < -0.3 is 9.62 Å². The van der Waals surface area contributed by atoms with Crippen molar-refractivity contribution in [2.75, 3.05) is 0 Å². The molecule has 0 aliphatic rings. The molecule has 0 aromatic carbocycles. The van der Waals surface area contributed by atoms with Crippen LogP contribution in [0.2, 0.25) is 0 Å². The molecule has 0 aliphatic heterocycles. The summed E-state index contributed by atoms with van der Waals surface area (Å²) in [5.74, 6) is 0. The Bertz CT molecular complexity index is 396. The molecule has 0 unspecified atom stereocenters. The van der Waals surface area contributed by atoms with Crippen LogP contribution in [0.25, 0.3) is 11.1 Å². The van der Waals surface area contributed by atoms with Gasteiger partial charge >= 0.3 is 0 Å². The van der Waals surface area contributed by atoms with E-state index >= 15 is 0 Å². The number of rotatable bonds is 0. The van der Waals surface area contributed by atoms with Gasteiger partial charge in [-0.2, -0.15) is 4.73 Å². The number of aromatic nitrogens is 1. The van der Waals surface area contributed by atoms with Gasteiger partial charge in [-0.3, -0.25) is 0 Å². The maximum atomic E-state index is 11.1. The predicted octanol–water partition coefficient (Wildman–Crippen LogP) is 1.83. The van der Waals surface area contributed by atoms with Gasteiger partial charge in [0.15, 0.2) is 6.20 Å². The fourth-order valence-electron chi connectivity index (χ4n) is 0.960. The minimum atomic E-state index is 0.535. The molecule has 4 heteroatoms. The third-order valence-corrected chi connectivity index (χ3v) is 2.00. The van der Waals surface area contributed by atoms with Crippen molar-refractivity contribution in [1.29, 1.82) is 0 Å². The highest BCUT2D eigenvalue weighted by Crippen LogP contribution is 2.21. The van der Waals surface area contributed by atoms with Crippen molar-refractivity contribution >= 4 is 27.0 Å². The lowest BCUT2D eigenvalue weighted by Crippen LogP contribution is -2.25. The van der Waals surface area contributed by atoms with Gasteiger partial charge in [0.2, 0.25) is 5.58 Å². The van der Waals surface area contributed by atoms with Crippen LogP contribution in [0.15, 0.2) is 33.5 Å². The minimum Gasteiger partial charge on any atom is -0.618 e. The van der Waals surface area contributed by atoms with Crippen molar-refractivity contribution in [3.05, 3.63) is 34.3 Å². The lowest BCUT2D eigenvalue weighted by Gasteiger charge is -1.94. The molecule has 0 saturated heterocycles. The second kappa shape index (κ2) is 2.23. The second-order valence-electron chi connectivity index (χ2n) is 2.13. The van der Waals surface area contributed by atoms with Crippen LogP contribution in [-0.2, 0) is 0 Å². The third kappa shape index (κ3) is 0.903. The molecule has 0 radical (unpaired) electrons. The van der Waals surface area contributed by atoms with Crippen LogP contribution in [0.1, 0.15) is 0 Å². The molecule has 11 heavy (non-hydrogen) atoms. The molecular formula is C7H4BrNO2. The van der Waals surface area contributed by atoms with Crippen LogP contribution < -0.4 is 4.73 Å². The van der Waals surface area contributed by atoms with Gasteiger partial charge in [0, 0.05) is 6.07 Å². The fraction of sp³-hybridized carbons (Fsp3) is 0. The molecule has 0 amide bonds. The molecule has 0 saturated carbocycles. The molecule has 0 aliphatic carbocycles. The van der Waals surface area contributed by atoms with Crippen LogP contribution in [0.3, 0.4) is 0 Å². The quantitative estimate of drug-likeness (QED) is 0.495. The average Bonchev–Trinajstić information content (AvgIpc) is 2.34. The van der Waals surface area contributed by atoms with E-state index in [1.165, 1.54) is 12.5 Å². The highest BCUT2D eigenvalue weighted by Gasteiger charge is 2.10. The van der Waals surface area contributed by atoms with E-state index < -0.39 is 0 Å². The summed E-state index contributed by atoms with van der Waals surface area (Å²) in [7, 11) is 0. The van der Waals surface area contributed by atoms with Gasteiger partial charge in [0.25, 0.3) is 5.52 Å². The topological polar surface area (TPSA) is 40.1 Å². The molecule has 0 atom stereocenters. The van der Waals surface area contributed by atoms with Crippen molar-refractivity contribution < 1.29 is 9.15 Å². The van der Waals surface area contributed by atoms with Gasteiger partial charge in [-0.25, -0.2) is 0 Å². The van der Waals surface area contributed by atoms with Crippen LogP contribution in [0.5, 0.6) is 0 Å². The Kier molecular flexibility index (Phi) is 1.35. The van der Waals surface area contributed by atoms with Gasteiger partial charge in [0.05, 0.1) is 0 Å². The molecule has 0 N–H and O–H groups in total. The highest BCUT2D eigenvalue weighted by atomic mass is 79.9. The van der Waals surface area contributed by atoms with Crippen molar-refractivity contribution in [3.63, 3.8) is 0 Å². The molecule has 0 fully saturated rings. The lowest BCUT2D eigenvalue weighted by molar-refractivity contribution is -0.577. The smallest absolute Gasteiger partial charge is 0.276 e. The summed E-state index contributed by atoms with van der Waals surface area (Å²) in [5, 5.41) is 11.1. The van der Waals surface area contributed by atoms with Gasteiger partial charge in [-0.1, -0.05) is 0 Å². The number of hydrogen-bond acceptors (Lipinski definition) is 2. The SMILES string of the molecule is [O-][n+]1cccc2occ(Br)c21. The van der Waals surface area contributed by atoms with Gasteiger partial charge in [-0.15, -0.1) is 0 Å². The van der Waals surface area contributed by atoms with Crippen molar-refractivity contribution in [3.8, 4) is 0 Å². The molecule has 2 aromatic heterocycles. The molecule has 0 spiro atoms. The van der Waals surface area contributed by atoms with Crippen LogP contribution in [0, 0.1) is 5.21 Å². The average molecular weight is 214 g/mol. The summed E-state index contributed by atoms with van der Waals surface area (Å²) in [5.41, 5.74) is 1.13. The Morgan fingerprint density at radius 3 is 3.09 bits per heavy atom. The largest absolute Gasteiger partial charge is 0.618 e. The number of hydrogen-bond donors (Lipinski definition) is 0. The molecule has 0 bridgehead atoms. The van der Waals surface area contributed by atoms with E-state index in [-0.39, 0.29) is 0 Å². The van der Waals surface area contributed by atoms with E-state index in [0.29, 0.717) is 15.6 Å². The number of pyridine rings is 1. The Balaban J connectivity index is 2.96. The second-order valence-corrected chi connectivity index (χ2v) is 2.98. The first kappa shape index (κ1) is 6.67. The summed E-state index contributed by atoms with van der Waals surface area (Å²) in [6.45, 7) is 0. The molecular weight excluding hydrogens is 210 g/mol. The maximum absolute atomic E-state index is 11.1. The zero-order valence-corrected chi connectivity index (χ0v) is 7.04. The molecule has 2 heterocycles. The molecule has 56 valence electrons. The first-order chi connectivity index (χ1) is 5.29. The van der Waals surface area contributed by atoms with Crippen molar-refractivity contribution in [2.45, 2.75) is 0 Å². The maximum Gasteiger partial charge on any atom is 0.276 e. The van der Waals surface area contributed by atoms with E-state index in [2.05, 4.69) is 15.9 Å². The summed E-state index contributed by atoms with van der Waals surface area (Å²) in [6, 6.07) is 3.39. The Hall–Kier alpha value is -1.03. The van der Waals surface area contributed by atoms with Crippen molar-refractivity contribution in [2.24, 2.45) is 0 Å². The predicted molar refractivity (Wildman–Crippen MR) is 42.9 cm³/mol. The summed E-state index contributed by atoms with van der Waals surface area (Å²) >= 11 is 3.20. The van der Waals surface area contributed by atoms with Crippen LogP contribution >= 0.6 is 15.9 Å². The lowest BCUT2D eigenvalue weighted by atomic mass is 10.4. The molecule has 2 aromatic rings. The Labute approximate surface area is 71.0 Å². The number of fused-ring (bicyclic) bond motifs is 1. The number of halogens is 1. The van der Waals surface area contributed by atoms with Crippen LogP contribution in [0.4, 0.5) is 0 Å². The van der Waals surface area contributed by atoms with E-state index in [9.17, 15) is 5.21 Å². The van der Waals surface area contributed by atoms with E-state index in [1.807, 2.05) is 0 Å². The number of furan rings is 1. The minimum absolute atomic E-state index is 0.535. The first-order valence-electron chi connectivity index (χ1n) is 3.04. The van der Waals surface area contributed by atoms with Gasteiger partial charge in [0.1, 0.15) is 10.7 Å². The fourth-order valence-corrected chi connectivity index (χ4v) is 1.42. The first-order valence-corrected chi connectivity index (χ1v) is 3.83.